The molecule has 2 aliphatic carbocycles. The van der Waals surface area contributed by atoms with E-state index in [9.17, 15) is 12.8 Å². The van der Waals surface area contributed by atoms with Crippen molar-refractivity contribution in [2.45, 2.75) is 36.6 Å². The lowest BCUT2D eigenvalue weighted by atomic mass is 9.96. The Bertz CT molecular complexity index is 617. The largest absolute Gasteiger partial charge is 0.495 e. The van der Waals surface area contributed by atoms with Crippen LogP contribution in [0.4, 0.5) is 4.39 Å². The fourth-order valence-corrected chi connectivity index (χ4v) is 5.01. The van der Waals surface area contributed by atoms with Gasteiger partial charge in [-0.15, -0.1) is 0 Å². The molecule has 1 aromatic rings. The molecule has 4 nitrogen and oxygen atoms in total. The predicted octanol–water partition coefficient (Wildman–Crippen LogP) is 2.30. The second-order valence-corrected chi connectivity index (χ2v) is 7.38. The number of fused-ring (bicyclic) bond motifs is 2. The lowest BCUT2D eigenvalue weighted by molar-refractivity contribution is 0.384. The van der Waals surface area contributed by atoms with Crippen molar-refractivity contribution in [2.24, 2.45) is 11.8 Å². The summed E-state index contributed by atoms with van der Waals surface area (Å²) < 4.78 is 46.0. The first-order valence-electron chi connectivity index (χ1n) is 6.85. The van der Waals surface area contributed by atoms with Gasteiger partial charge in [-0.1, -0.05) is 6.42 Å². The summed E-state index contributed by atoms with van der Waals surface area (Å²) in [6, 6.07) is 3.51. The van der Waals surface area contributed by atoms with Crippen LogP contribution in [0.1, 0.15) is 25.7 Å². The Labute approximate surface area is 118 Å². The topological polar surface area (TPSA) is 55.4 Å². The summed E-state index contributed by atoms with van der Waals surface area (Å²) in [5, 5.41) is 0. The maximum Gasteiger partial charge on any atom is 0.244 e. The fraction of sp³-hybridized carbons (Fsp3) is 0.571. The van der Waals surface area contributed by atoms with Crippen molar-refractivity contribution in [3.05, 3.63) is 24.0 Å². The molecule has 110 valence electrons. The molecule has 2 bridgehead atoms. The van der Waals surface area contributed by atoms with Crippen LogP contribution in [0.2, 0.25) is 0 Å². The molecule has 0 unspecified atom stereocenters. The van der Waals surface area contributed by atoms with Gasteiger partial charge in [-0.2, -0.15) is 0 Å². The Morgan fingerprint density at radius 2 is 2.10 bits per heavy atom. The summed E-state index contributed by atoms with van der Waals surface area (Å²) >= 11 is 0. The minimum absolute atomic E-state index is 0.0216. The molecule has 0 spiro atoms. The van der Waals surface area contributed by atoms with Gasteiger partial charge >= 0.3 is 0 Å². The van der Waals surface area contributed by atoms with E-state index in [1.165, 1.54) is 25.7 Å². The molecule has 0 aliphatic heterocycles. The summed E-state index contributed by atoms with van der Waals surface area (Å²) in [5.41, 5.74) is 0. The number of methoxy groups -OCH3 is 1. The standard InChI is InChI=1S/C14H18FNO3S/c1-19-13-5-4-11(15)8-14(13)20(17,18)16-12-7-9-2-3-10(12)6-9/h4-5,8-10,12,16H,2-3,6-7H2,1H3/t9-,10-,12-/m0/s1. The van der Waals surface area contributed by atoms with Gasteiger partial charge in [-0.05, 0) is 49.3 Å². The molecule has 1 aromatic carbocycles. The van der Waals surface area contributed by atoms with Crippen LogP contribution in [-0.4, -0.2) is 21.6 Å². The molecule has 0 aromatic heterocycles. The van der Waals surface area contributed by atoms with E-state index < -0.39 is 15.8 Å². The van der Waals surface area contributed by atoms with Crippen molar-refractivity contribution < 1.29 is 17.5 Å². The molecule has 3 rings (SSSR count). The maximum absolute atomic E-state index is 13.3. The smallest absolute Gasteiger partial charge is 0.244 e. The van der Waals surface area contributed by atoms with Gasteiger partial charge in [0.05, 0.1) is 7.11 Å². The van der Waals surface area contributed by atoms with Crippen LogP contribution in [0.25, 0.3) is 0 Å². The molecule has 20 heavy (non-hydrogen) atoms. The third-order valence-electron chi connectivity index (χ3n) is 4.46. The highest BCUT2D eigenvalue weighted by atomic mass is 32.2. The fourth-order valence-electron chi connectivity index (χ4n) is 3.51. The monoisotopic (exact) mass is 299 g/mol. The van der Waals surface area contributed by atoms with Gasteiger partial charge in [0.1, 0.15) is 16.5 Å². The minimum Gasteiger partial charge on any atom is -0.495 e. The van der Waals surface area contributed by atoms with Crippen LogP contribution in [-0.2, 0) is 10.0 Å². The first kappa shape index (κ1) is 13.8. The van der Waals surface area contributed by atoms with Crippen LogP contribution in [0.5, 0.6) is 5.75 Å². The van der Waals surface area contributed by atoms with Gasteiger partial charge in [0, 0.05) is 6.04 Å². The molecule has 0 amide bonds. The molecular weight excluding hydrogens is 281 g/mol. The number of sulfonamides is 1. The maximum atomic E-state index is 13.3. The summed E-state index contributed by atoms with van der Waals surface area (Å²) in [6.07, 6.45) is 4.28. The van der Waals surface area contributed by atoms with Gasteiger partial charge in [0.25, 0.3) is 0 Å². The third kappa shape index (κ3) is 2.42. The molecule has 6 heteroatoms. The highest BCUT2D eigenvalue weighted by molar-refractivity contribution is 7.89. The third-order valence-corrected chi connectivity index (χ3v) is 5.97. The number of hydrogen-bond acceptors (Lipinski definition) is 3. The molecule has 2 saturated carbocycles. The quantitative estimate of drug-likeness (QED) is 0.928. The van der Waals surface area contributed by atoms with Crippen LogP contribution >= 0.6 is 0 Å². The van der Waals surface area contributed by atoms with E-state index in [0.717, 1.165) is 25.3 Å². The Kier molecular flexibility index (Phi) is 3.46. The average molecular weight is 299 g/mol. The van der Waals surface area contributed by atoms with E-state index in [1.807, 2.05) is 0 Å². The normalized spacial score (nSPS) is 28.8. The minimum atomic E-state index is -3.75. The zero-order valence-corrected chi connectivity index (χ0v) is 12.1. The van der Waals surface area contributed by atoms with Crippen LogP contribution in [0.3, 0.4) is 0 Å². The molecule has 3 atom stereocenters. The highest BCUT2D eigenvalue weighted by Crippen LogP contribution is 2.45. The van der Waals surface area contributed by atoms with E-state index in [0.29, 0.717) is 11.8 Å². The van der Waals surface area contributed by atoms with E-state index in [1.54, 1.807) is 0 Å². The Morgan fingerprint density at radius 1 is 1.30 bits per heavy atom. The Balaban J connectivity index is 1.86. The lowest BCUT2D eigenvalue weighted by Gasteiger charge is -2.23. The summed E-state index contributed by atoms with van der Waals surface area (Å²) in [4.78, 5) is -0.122. The highest BCUT2D eigenvalue weighted by Gasteiger charge is 2.41. The van der Waals surface area contributed by atoms with Crippen LogP contribution < -0.4 is 9.46 Å². The van der Waals surface area contributed by atoms with Gasteiger partial charge in [0.2, 0.25) is 10.0 Å². The Hall–Kier alpha value is -1.14. The number of nitrogens with one attached hydrogen (secondary N) is 1. The summed E-state index contributed by atoms with van der Waals surface area (Å²) in [6.45, 7) is 0. The van der Waals surface area contributed by atoms with Crippen molar-refractivity contribution in [1.29, 1.82) is 0 Å². The molecule has 0 radical (unpaired) electrons. The number of rotatable bonds is 4. The van der Waals surface area contributed by atoms with Crippen molar-refractivity contribution in [3.63, 3.8) is 0 Å². The van der Waals surface area contributed by atoms with E-state index >= 15 is 0 Å². The summed E-state index contributed by atoms with van der Waals surface area (Å²) in [7, 11) is -2.37. The molecule has 0 saturated heterocycles. The van der Waals surface area contributed by atoms with Gasteiger partial charge in [-0.3, -0.25) is 0 Å². The van der Waals surface area contributed by atoms with Crippen molar-refractivity contribution in [2.75, 3.05) is 7.11 Å². The second kappa shape index (κ2) is 5.00. The Morgan fingerprint density at radius 3 is 2.70 bits per heavy atom. The molecule has 2 fully saturated rings. The molecule has 1 N–H and O–H groups in total. The van der Waals surface area contributed by atoms with E-state index in [-0.39, 0.29) is 16.7 Å². The predicted molar refractivity (Wildman–Crippen MR) is 72.5 cm³/mol. The summed E-state index contributed by atoms with van der Waals surface area (Å²) in [5.74, 6) is 0.651. The molecule has 0 heterocycles. The molecule has 2 aliphatic rings. The zero-order valence-electron chi connectivity index (χ0n) is 11.3. The number of hydrogen-bond donors (Lipinski definition) is 1. The van der Waals surface area contributed by atoms with Gasteiger partial charge in [-0.25, -0.2) is 17.5 Å². The SMILES string of the molecule is COc1ccc(F)cc1S(=O)(=O)N[C@H]1C[C@H]2CC[C@H]1C2. The van der Waals surface area contributed by atoms with Gasteiger partial charge in [0.15, 0.2) is 0 Å². The van der Waals surface area contributed by atoms with E-state index in [2.05, 4.69) is 4.72 Å². The average Bonchev–Trinajstić information content (AvgIpc) is 3.00. The number of halogens is 1. The first-order valence-corrected chi connectivity index (χ1v) is 8.34. The van der Waals surface area contributed by atoms with Gasteiger partial charge < -0.3 is 4.74 Å². The zero-order chi connectivity index (χ0) is 14.3. The van der Waals surface area contributed by atoms with E-state index in [4.69, 9.17) is 4.74 Å². The van der Waals surface area contributed by atoms with Crippen molar-refractivity contribution >= 4 is 10.0 Å². The van der Waals surface area contributed by atoms with Crippen molar-refractivity contribution in [3.8, 4) is 5.75 Å². The van der Waals surface area contributed by atoms with Crippen LogP contribution in [0, 0.1) is 17.7 Å². The molecular formula is C14H18FNO3S. The first-order chi connectivity index (χ1) is 9.49. The second-order valence-electron chi connectivity index (χ2n) is 5.70. The lowest BCUT2D eigenvalue weighted by Crippen LogP contribution is -2.38. The number of benzene rings is 1. The number of ether oxygens (including phenoxy) is 1. The van der Waals surface area contributed by atoms with Crippen molar-refractivity contribution in [1.82, 2.24) is 4.72 Å². The van der Waals surface area contributed by atoms with Crippen LogP contribution in [0.15, 0.2) is 23.1 Å².